The Bertz CT molecular complexity index is 88.1. The van der Waals surface area contributed by atoms with Crippen molar-refractivity contribution in [1.29, 1.82) is 0 Å². The average Bonchev–Trinajstić information content (AvgIpc) is 1.80. The zero-order chi connectivity index (χ0) is 8.20. The second-order valence-electron chi connectivity index (χ2n) is 3.41. The normalized spacial score (nSPS) is 16.5. The van der Waals surface area contributed by atoms with Gasteiger partial charge < -0.3 is 0 Å². The highest BCUT2D eigenvalue weighted by atomic mass is 35.5. The first-order chi connectivity index (χ1) is 4.52. The third-order valence-corrected chi connectivity index (χ3v) is 4.27. The molecule has 0 radical (unpaired) electrons. The third kappa shape index (κ3) is 4.01. The van der Waals surface area contributed by atoms with E-state index in [-0.39, 0.29) is 0 Å². The Labute approximate surface area is 75.5 Å². The molecule has 0 heterocycles. The molecule has 0 rings (SSSR count). The van der Waals surface area contributed by atoms with Crippen molar-refractivity contribution in [3.8, 4) is 0 Å². The summed E-state index contributed by atoms with van der Waals surface area (Å²) in [5.41, 5.74) is 1.63. The van der Waals surface area contributed by atoms with Crippen LogP contribution in [0.3, 0.4) is 0 Å². The van der Waals surface area contributed by atoms with E-state index >= 15 is 0 Å². The quantitative estimate of drug-likeness (QED) is 0.484. The molecule has 2 unspecified atom stereocenters. The van der Waals surface area contributed by atoms with Crippen LogP contribution in [0.5, 0.6) is 0 Å². The molecule has 0 aromatic heterocycles. The van der Waals surface area contributed by atoms with E-state index in [0.29, 0.717) is 11.1 Å². The maximum Gasteiger partial charge on any atom is 0.0398 e. The molecule has 0 fully saturated rings. The van der Waals surface area contributed by atoms with Crippen molar-refractivity contribution in [3.05, 3.63) is 0 Å². The molecule has 0 bridgehead atoms. The molecule has 0 nitrogen and oxygen atoms in total. The second-order valence-corrected chi connectivity index (χ2v) is 5.89. The lowest BCUT2D eigenvalue weighted by atomic mass is 9.93. The van der Waals surface area contributed by atoms with Gasteiger partial charge in [-0.1, -0.05) is 20.8 Å². The first kappa shape index (κ1) is 11.0. The third-order valence-electron chi connectivity index (χ3n) is 1.52. The van der Waals surface area contributed by atoms with E-state index in [0.717, 1.165) is 20.1 Å². The minimum Gasteiger partial charge on any atom is -0.126 e. The first-order valence-electron chi connectivity index (χ1n) is 3.37. The van der Waals surface area contributed by atoms with Crippen molar-refractivity contribution in [1.82, 2.24) is 0 Å². The van der Waals surface area contributed by atoms with Crippen LogP contribution < -0.4 is 0 Å². The molecule has 0 aromatic rings. The lowest BCUT2D eigenvalue weighted by Crippen LogP contribution is -2.23. The van der Waals surface area contributed by atoms with Crippen LogP contribution in [0.15, 0.2) is 0 Å². The Hall–Kier alpha value is 1.01. The van der Waals surface area contributed by atoms with Gasteiger partial charge in [0.15, 0.2) is 0 Å². The van der Waals surface area contributed by atoms with Gasteiger partial charge in [-0.05, 0) is 11.1 Å². The first-order valence-corrected chi connectivity index (χ1v) is 5.73. The topological polar surface area (TPSA) is 0 Å². The molecule has 0 spiro atoms. The summed E-state index contributed by atoms with van der Waals surface area (Å²) in [7, 11) is 0.791. The fourth-order valence-electron chi connectivity index (χ4n) is 0.685. The van der Waals surface area contributed by atoms with Crippen molar-refractivity contribution in [2.75, 3.05) is 11.5 Å². The van der Waals surface area contributed by atoms with Gasteiger partial charge in [-0.15, -0.1) is 31.8 Å². The summed E-state index contributed by atoms with van der Waals surface area (Å²) in [5.74, 6) is 0.731. The van der Waals surface area contributed by atoms with Gasteiger partial charge >= 0.3 is 0 Å². The number of rotatable bonds is 3. The van der Waals surface area contributed by atoms with Gasteiger partial charge in [0.25, 0.3) is 0 Å². The molecule has 0 aliphatic carbocycles. The summed E-state index contributed by atoms with van der Waals surface area (Å²) >= 11 is 11.4. The van der Waals surface area contributed by atoms with Gasteiger partial charge in [0.2, 0.25) is 0 Å². The fraction of sp³-hybridized carbons (Fsp3) is 1.00. The molecule has 0 aliphatic rings. The Morgan fingerprint density at radius 3 is 1.90 bits per heavy atom. The molecule has 0 saturated heterocycles. The van der Waals surface area contributed by atoms with Crippen LogP contribution in [0.1, 0.15) is 20.8 Å². The average molecular weight is 201 g/mol. The van der Waals surface area contributed by atoms with E-state index in [9.17, 15) is 0 Å². The highest BCUT2D eigenvalue weighted by molar-refractivity contribution is 7.41. The van der Waals surface area contributed by atoms with E-state index in [4.69, 9.17) is 23.2 Å². The van der Waals surface area contributed by atoms with Crippen LogP contribution in [0.4, 0.5) is 0 Å². The minimum atomic E-state index is 0.315. The summed E-state index contributed by atoms with van der Waals surface area (Å²) in [6.07, 6.45) is 0. The van der Waals surface area contributed by atoms with Gasteiger partial charge in [0, 0.05) is 11.5 Å². The molecular formula is C7H15Cl2P. The predicted octanol–water partition coefficient (Wildman–Crippen LogP) is 3.51. The van der Waals surface area contributed by atoms with E-state index in [1.165, 1.54) is 0 Å². The lowest BCUT2D eigenvalue weighted by Gasteiger charge is -2.28. The number of alkyl halides is 2. The molecule has 10 heavy (non-hydrogen) atoms. The Kier molecular flexibility index (Phi) is 5.29. The Balaban J connectivity index is 3.81. The maximum absolute atomic E-state index is 5.78. The van der Waals surface area contributed by atoms with Gasteiger partial charge in [0.1, 0.15) is 0 Å². The minimum absolute atomic E-state index is 0.315. The molecule has 0 aliphatic heterocycles. The molecule has 0 aromatic carbocycles. The van der Waals surface area contributed by atoms with Gasteiger partial charge in [-0.25, -0.2) is 0 Å². The molecular weight excluding hydrogens is 186 g/mol. The standard InChI is InChI=1S/C7H15Cl2P/c1-7(2,3)6(4-8)10-5-9/h6,10H,4-5H2,1-3H3. The van der Waals surface area contributed by atoms with E-state index in [2.05, 4.69) is 20.8 Å². The van der Waals surface area contributed by atoms with Crippen LogP contribution in [0.25, 0.3) is 0 Å². The Morgan fingerprint density at radius 1 is 1.30 bits per heavy atom. The highest BCUT2D eigenvalue weighted by Crippen LogP contribution is 2.35. The molecule has 62 valence electrons. The van der Waals surface area contributed by atoms with Crippen LogP contribution in [0.2, 0.25) is 0 Å². The predicted molar refractivity (Wildman–Crippen MR) is 53.0 cm³/mol. The van der Waals surface area contributed by atoms with Crippen molar-refractivity contribution < 1.29 is 0 Å². The summed E-state index contributed by atoms with van der Waals surface area (Å²) in [5, 5.41) is 0. The van der Waals surface area contributed by atoms with E-state index in [1.807, 2.05) is 0 Å². The second kappa shape index (κ2) is 4.80. The van der Waals surface area contributed by atoms with Crippen molar-refractivity contribution in [2.24, 2.45) is 5.41 Å². The zero-order valence-electron chi connectivity index (χ0n) is 6.75. The van der Waals surface area contributed by atoms with Crippen LogP contribution in [-0.4, -0.2) is 17.2 Å². The monoisotopic (exact) mass is 200 g/mol. The maximum atomic E-state index is 5.78. The van der Waals surface area contributed by atoms with Crippen LogP contribution in [0, 0.1) is 5.41 Å². The van der Waals surface area contributed by atoms with Gasteiger partial charge in [0.05, 0.1) is 0 Å². The van der Waals surface area contributed by atoms with Crippen LogP contribution >= 0.6 is 31.8 Å². The fourth-order valence-corrected chi connectivity index (χ4v) is 2.94. The molecule has 3 heteroatoms. The largest absolute Gasteiger partial charge is 0.126 e. The lowest BCUT2D eigenvalue weighted by molar-refractivity contribution is 0.411. The van der Waals surface area contributed by atoms with E-state index < -0.39 is 0 Å². The van der Waals surface area contributed by atoms with Crippen molar-refractivity contribution in [3.63, 3.8) is 0 Å². The van der Waals surface area contributed by atoms with Crippen LogP contribution in [-0.2, 0) is 0 Å². The van der Waals surface area contributed by atoms with Crippen molar-refractivity contribution >= 4 is 31.8 Å². The van der Waals surface area contributed by atoms with E-state index in [1.54, 1.807) is 0 Å². The SMILES string of the molecule is CC(C)(C)C(CCl)PCCl. The summed E-state index contributed by atoms with van der Waals surface area (Å²) < 4.78 is 0. The zero-order valence-corrected chi connectivity index (χ0v) is 9.26. The number of hydrogen-bond acceptors (Lipinski definition) is 0. The highest BCUT2D eigenvalue weighted by Gasteiger charge is 2.22. The smallest absolute Gasteiger partial charge is 0.0398 e. The number of hydrogen-bond donors (Lipinski definition) is 0. The summed E-state index contributed by atoms with van der Waals surface area (Å²) in [6.45, 7) is 6.62. The molecule has 0 saturated carbocycles. The number of halogens is 2. The summed E-state index contributed by atoms with van der Waals surface area (Å²) in [6, 6.07) is 0. The molecule has 2 atom stereocenters. The summed E-state index contributed by atoms with van der Waals surface area (Å²) in [4.78, 5) is 0. The van der Waals surface area contributed by atoms with Crippen molar-refractivity contribution in [2.45, 2.75) is 26.4 Å². The Morgan fingerprint density at radius 2 is 1.80 bits per heavy atom. The van der Waals surface area contributed by atoms with Gasteiger partial charge in [-0.3, -0.25) is 0 Å². The molecule has 0 N–H and O–H groups in total. The van der Waals surface area contributed by atoms with Gasteiger partial charge in [-0.2, -0.15) is 0 Å². The molecule has 0 amide bonds.